The van der Waals surface area contributed by atoms with Crippen molar-refractivity contribution in [3.8, 4) is 0 Å². The average Bonchev–Trinajstić information content (AvgIpc) is 2.95. The van der Waals surface area contributed by atoms with Gasteiger partial charge in [0.05, 0.1) is 26.2 Å². The number of nitrogens with zero attached hydrogens (tertiary/aromatic N) is 2. The summed E-state index contributed by atoms with van der Waals surface area (Å²) in [5.74, 6) is -1.32. The first-order valence-electron chi connectivity index (χ1n) is 13.3. The highest BCUT2D eigenvalue weighted by Gasteiger charge is 2.35. The van der Waals surface area contributed by atoms with Crippen LogP contribution in [0.4, 0.5) is 18.9 Å². The molecule has 0 saturated heterocycles. The van der Waals surface area contributed by atoms with Gasteiger partial charge in [-0.25, -0.2) is 8.42 Å². The van der Waals surface area contributed by atoms with Crippen molar-refractivity contribution in [2.45, 2.75) is 63.8 Å². The van der Waals surface area contributed by atoms with Gasteiger partial charge in [0.1, 0.15) is 12.6 Å². The van der Waals surface area contributed by atoms with Gasteiger partial charge < -0.3 is 10.2 Å². The van der Waals surface area contributed by atoms with E-state index in [1.165, 1.54) is 49.4 Å². The Morgan fingerprint density at radius 3 is 2.19 bits per heavy atom. The Morgan fingerprint density at radius 2 is 1.60 bits per heavy atom. The topological polar surface area (TPSA) is 86.8 Å². The Kier molecular flexibility index (Phi) is 11.1. The molecule has 0 aromatic heterocycles. The summed E-state index contributed by atoms with van der Waals surface area (Å²) in [6.07, 6.45) is -4.14. The van der Waals surface area contributed by atoms with E-state index >= 15 is 0 Å². The van der Waals surface area contributed by atoms with Crippen LogP contribution >= 0.6 is 23.2 Å². The van der Waals surface area contributed by atoms with E-state index in [1.807, 2.05) is 6.92 Å². The van der Waals surface area contributed by atoms with Crippen molar-refractivity contribution in [3.63, 3.8) is 0 Å². The largest absolute Gasteiger partial charge is 0.416 e. The minimum atomic E-state index is -4.76. The van der Waals surface area contributed by atoms with E-state index in [-0.39, 0.29) is 33.2 Å². The first-order valence-corrected chi connectivity index (χ1v) is 15.5. The van der Waals surface area contributed by atoms with E-state index in [1.54, 1.807) is 19.9 Å². The van der Waals surface area contributed by atoms with Crippen molar-refractivity contribution < 1.29 is 31.2 Å². The molecule has 3 aromatic rings. The number of aryl methyl sites for hydroxylation is 1. The molecule has 2 atom stereocenters. The smallest absolute Gasteiger partial charge is 0.352 e. The summed E-state index contributed by atoms with van der Waals surface area (Å²) in [6, 6.07) is 12.8. The van der Waals surface area contributed by atoms with Crippen LogP contribution in [0.25, 0.3) is 0 Å². The standard InChI is InChI=1S/C30H32Cl2F3N3O4S/c1-5-20(3)36-29(40)21(4)37(17-22-11-14-26(31)27(32)15-22)28(39)18-38(24-8-6-7-23(16-24)30(33,34)35)43(41,42)25-12-9-19(2)10-13-25/h6-16,20-21H,5,17-18H2,1-4H3,(H,36,40)/t20-,21-/m1/s1. The lowest BCUT2D eigenvalue weighted by Gasteiger charge is -2.32. The molecule has 43 heavy (non-hydrogen) atoms. The number of amides is 2. The number of hydrogen-bond acceptors (Lipinski definition) is 4. The Labute approximate surface area is 259 Å². The molecule has 232 valence electrons. The fourth-order valence-electron chi connectivity index (χ4n) is 4.09. The third-order valence-electron chi connectivity index (χ3n) is 6.85. The molecule has 0 fully saturated rings. The zero-order valence-electron chi connectivity index (χ0n) is 24.0. The predicted octanol–water partition coefficient (Wildman–Crippen LogP) is 6.85. The lowest BCUT2D eigenvalue weighted by atomic mass is 10.1. The average molecular weight is 659 g/mol. The minimum Gasteiger partial charge on any atom is -0.352 e. The molecule has 7 nitrogen and oxygen atoms in total. The second-order valence-electron chi connectivity index (χ2n) is 10.1. The van der Waals surface area contributed by atoms with Gasteiger partial charge in [-0.3, -0.25) is 13.9 Å². The molecule has 0 bridgehead atoms. The monoisotopic (exact) mass is 657 g/mol. The van der Waals surface area contributed by atoms with Crippen LogP contribution in [0.15, 0.2) is 71.6 Å². The molecule has 0 aliphatic heterocycles. The van der Waals surface area contributed by atoms with Crippen molar-refractivity contribution in [3.05, 3.63) is 93.5 Å². The quantitative estimate of drug-likeness (QED) is 0.244. The third-order valence-corrected chi connectivity index (χ3v) is 9.38. The van der Waals surface area contributed by atoms with Gasteiger partial charge in [-0.15, -0.1) is 0 Å². The normalized spacial score (nSPS) is 13.2. The van der Waals surface area contributed by atoms with Crippen molar-refractivity contribution in [2.75, 3.05) is 10.8 Å². The zero-order valence-corrected chi connectivity index (χ0v) is 26.3. The van der Waals surface area contributed by atoms with Gasteiger partial charge in [-0.05, 0) is 75.2 Å². The van der Waals surface area contributed by atoms with E-state index in [9.17, 15) is 31.2 Å². The Hall–Kier alpha value is -3.28. The molecule has 3 rings (SSSR count). The van der Waals surface area contributed by atoms with Crippen molar-refractivity contribution in [2.24, 2.45) is 0 Å². The Bertz CT molecular complexity index is 1570. The maximum absolute atomic E-state index is 14.0. The second-order valence-corrected chi connectivity index (χ2v) is 12.8. The minimum absolute atomic E-state index is 0.161. The van der Waals surface area contributed by atoms with Gasteiger partial charge in [0.25, 0.3) is 10.0 Å². The van der Waals surface area contributed by atoms with Crippen LogP contribution in [0.5, 0.6) is 0 Å². The molecule has 3 aromatic carbocycles. The summed E-state index contributed by atoms with van der Waals surface area (Å²) in [6.45, 7) is 5.84. The van der Waals surface area contributed by atoms with Crippen LogP contribution in [0.2, 0.25) is 10.0 Å². The Morgan fingerprint density at radius 1 is 0.953 bits per heavy atom. The van der Waals surface area contributed by atoms with Crippen LogP contribution in [-0.4, -0.2) is 43.8 Å². The van der Waals surface area contributed by atoms with Gasteiger partial charge in [0, 0.05) is 12.6 Å². The van der Waals surface area contributed by atoms with Crippen LogP contribution in [0, 0.1) is 6.92 Å². The van der Waals surface area contributed by atoms with E-state index in [0.717, 1.165) is 22.6 Å². The van der Waals surface area contributed by atoms with Crippen molar-refractivity contribution in [1.82, 2.24) is 10.2 Å². The maximum atomic E-state index is 14.0. The highest BCUT2D eigenvalue weighted by molar-refractivity contribution is 7.92. The summed E-state index contributed by atoms with van der Waals surface area (Å²) in [5, 5.41) is 3.28. The van der Waals surface area contributed by atoms with Crippen molar-refractivity contribution >= 4 is 50.7 Å². The number of alkyl halides is 3. The van der Waals surface area contributed by atoms with Gasteiger partial charge in [-0.1, -0.05) is 60.0 Å². The number of rotatable bonds is 11. The number of halogens is 5. The highest BCUT2D eigenvalue weighted by Crippen LogP contribution is 2.33. The number of nitrogens with one attached hydrogen (secondary N) is 1. The summed E-state index contributed by atoms with van der Waals surface area (Å²) < 4.78 is 69.2. The van der Waals surface area contributed by atoms with Crippen LogP contribution in [0.3, 0.4) is 0 Å². The summed E-state index contributed by atoms with van der Waals surface area (Å²) in [7, 11) is -4.54. The fraction of sp³-hybridized carbons (Fsp3) is 0.333. The van der Waals surface area contributed by atoms with Crippen LogP contribution in [0.1, 0.15) is 43.9 Å². The van der Waals surface area contributed by atoms with E-state index in [0.29, 0.717) is 22.4 Å². The molecular formula is C30H32Cl2F3N3O4S. The number of hydrogen-bond donors (Lipinski definition) is 1. The fourth-order valence-corrected chi connectivity index (χ4v) is 5.81. The lowest BCUT2D eigenvalue weighted by Crippen LogP contribution is -2.52. The molecule has 0 aliphatic carbocycles. The van der Waals surface area contributed by atoms with Gasteiger partial charge in [-0.2, -0.15) is 13.2 Å². The molecule has 0 heterocycles. The van der Waals surface area contributed by atoms with Gasteiger partial charge >= 0.3 is 6.18 Å². The van der Waals surface area contributed by atoms with Crippen LogP contribution < -0.4 is 9.62 Å². The maximum Gasteiger partial charge on any atom is 0.416 e. The number of sulfonamides is 1. The molecule has 0 aliphatic rings. The van der Waals surface area contributed by atoms with Crippen molar-refractivity contribution in [1.29, 1.82) is 0 Å². The highest BCUT2D eigenvalue weighted by atomic mass is 35.5. The third kappa shape index (κ3) is 8.64. The number of carbonyl (C=O) groups excluding carboxylic acids is 2. The summed E-state index contributed by atoms with van der Waals surface area (Å²) in [4.78, 5) is 28.0. The first kappa shape index (κ1) is 34.2. The molecule has 0 spiro atoms. The summed E-state index contributed by atoms with van der Waals surface area (Å²) in [5.41, 5.74) is -0.196. The van der Waals surface area contributed by atoms with E-state index < -0.39 is 46.2 Å². The molecule has 13 heteroatoms. The first-order chi connectivity index (χ1) is 20.0. The van der Waals surface area contributed by atoms with E-state index in [4.69, 9.17) is 23.2 Å². The van der Waals surface area contributed by atoms with Gasteiger partial charge in [0.2, 0.25) is 11.8 Å². The molecule has 0 radical (unpaired) electrons. The summed E-state index contributed by atoms with van der Waals surface area (Å²) >= 11 is 12.2. The molecule has 1 N–H and O–H groups in total. The Balaban J connectivity index is 2.10. The number of anilines is 1. The zero-order chi connectivity index (χ0) is 32.1. The number of carbonyl (C=O) groups is 2. The predicted molar refractivity (Wildman–Crippen MR) is 162 cm³/mol. The van der Waals surface area contributed by atoms with E-state index in [2.05, 4.69) is 5.32 Å². The SMILES string of the molecule is CC[C@@H](C)NC(=O)[C@@H](C)N(Cc1ccc(Cl)c(Cl)c1)C(=O)CN(c1cccc(C(F)(F)F)c1)S(=O)(=O)c1ccc(C)cc1. The molecule has 0 unspecified atom stereocenters. The molecule has 0 saturated carbocycles. The second kappa shape index (κ2) is 14.0. The lowest BCUT2D eigenvalue weighted by molar-refractivity contribution is -0.139. The number of benzene rings is 3. The van der Waals surface area contributed by atoms with Crippen LogP contribution in [-0.2, 0) is 32.3 Å². The molecule has 2 amide bonds. The molecular weight excluding hydrogens is 626 g/mol. The van der Waals surface area contributed by atoms with Gasteiger partial charge in [0.15, 0.2) is 0 Å².